The van der Waals surface area contributed by atoms with Gasteiger partial charge in [-0.25, -0.2) is 4.79 Å². The highest BCUT2D eigenvalue weighted by molar-refractivity contribution is 5.83. The number of rotatable bonds is 10. The standard InChI is InChI=1S/C11H22N2O4/c1-17-8-9(11(15)16)13-10(14)6-4-2-3-5-7-12/h9H,2-8,12H2,1H3,(H,13,14)(H,15,16). The summed E-state index contributed by atoms with van der Waals surface area (Å²) in [5.74, 6) is -1.33. The summed E-state index contributed by atoms with van der Waals surface area (Å²) in [5, 5.41) is 11.2. The molecule has 17 heavy (non-hydrogen) atoms. The van der Waals surface area contributed by atoms with E-state index in [0.717, 1.165) is 25.7 Å². The van der Waals surface area contributed by atoms with E-state index < -0.39 is 12.0 Å². The molecular formula is C11H22N2O4. The van der Waals surface area contributed by atoms with E-state index in [0.29, 0.717) is 13.0 Å². The third-order valence-corrected chi connectivity index (χ3v) is 2.32. The fraction of sp³-hybridized carbons (Fsp3) is 0.818. The van der Waals surface area contributed by atoms with Crippen molar-refractivity contribution in [2.24, 2.45) is 5.73 Å². The zero-order valence-electron chi connectivity index (χ0n) is 10.3. The maximum atomic E-state index is 11.4. The molecule has 0 aromatic rings. The Balaban J connectivity index is 3.71. The van der Waals surface area contributed by atoms with Gasteiger partial charge in [0.25, 0.3) is 0 Å². The molecule has 0 bridgehead atoms. The van der Waals surface area contributed by atoms with Crippen LogP contribution in [0, 0.1) is 0 Å². The smallest absolute Gasteiger partial charge is 0.328 e. The largest absolute Gasteiger partial charge is 0.480 e. The molecule has 0 aliphatic heterocycles. The van der Waals surface area contributed by atoms with Crippen LogP contribution in [-0.2, 0) is 14.3 Å². The average molecular weight is 246 g/mol. The first-order valence-electron chi connectivity index (χ1n) is 5.83. The van der Waals surface area contributed by atoms with E-state index in [4.69, 9.17) is 15.6 Å². The Morgan fingerprint density at radius 1 is 1.29 bits per heavy atom. The number of aliphatic carboxylic acids is 1. The summed E-state index contributed by atoms with van der Waals surface area (Å²) >= 11 is 0. The van der Waals surface area contributed by atoms with Crippen molar-refractivity contribution in [1.29, 1.82) is 0 Å². The van der Waals surface area contributed by atoms with Crippen LogP contribution in [0.1, 0.15) is 32.1 Å². The monoisotopic (exact) mass is 246 g/mol. The van der Waals surface area contributed by atoms with Crippen molar-refractivity contribution in [1.82, 2.24) is 5.32 Å². The number of carbonyl (C=O) groups excluding carboxylic acids is 1. The summed E-state index contributed by atoms with van der Waals surface area (Å²) in [6.45, 7) is 0.648. The lowest BCUT2D eigenvalue weighted by Gasteiger charge is -2.13. The van der Waals surface area contributed by atoms with Gasteiger partial charge in [-0.15, -0.1) is 0 Å². The molecule has 1 amide bonds. The van der Waals surface area contributed by atoms with Gasteiger partial charge >= 0.3 is 5.97 Å². The molecule has 0 heterocycles. The third kappa shape index (κ3) is 8.65. The average Bonchev–Trinajstić information content (AvgIpc) is 2.28. The molecule has 0 aliphatic rings. The topological polar surface area (TPSA) is 102 Å². The number of carboxylic acids is 1. The van der Waals surface area contributed by atoms with Gasteiger partial charge in [0.1, 0.15) is 0 Å². The lowest BCUT2D eigenvalue weighted by atomic mass is 10.1. The minimum atomic E-state index is -1.08. The van der Waals surface area contributed by atoms with Gasteiger partial charge in [0.15, 0.2) is 6.04 Å². The van der Waals surface area contributed by atoms with Crippen LogP contribution in [0.2, 0.25) is 0 Å². The first-order chi connectivity index (χ1) is 8.11. The number of hydrogen-bond acceptors (Lipinski definition) is 4. The zero-order valence-corrected chi connectivity index (χ0v) is 10.3. The van der Waals surface area contributed by atoms with Crippen molar-refractivity contribution < 1.29 is 19.4 Å². The van der Waals surface area contributed by atoms with E-state index >= 15 is 0 Å². The number of hydrogen-bond donors (Lipinski definition) is 3. The van der Waals surface area contributed by atoms with Crippen LogP contribution < -0.4 is 11.1 Å². The fourth-order valence-corrected chi connectivity index (χ4v) is 1.39. The normalized spacial score (nSPS) is 12.1. The van der Waals surface area contributed by atoms with Gasteiger partial charge in [0, 0.05) is 13.5 Å². The molecule has 0 saturated heterocycles. The number of unbranched alkanes of at least 4 members (excludes halogenated alkanes) is 3. The molecule has 100 valence electrons. The lowest BCUT2D eigenvalue weighted by molar-refractivity contribution is -0.143. The first kappa shape index (κ1) is 15.9. The van der Waals surface area contributed by atoms with Gasteiger partial charge in [-0.2, -0.15) is 0 Å². The number of nitrogens with one attached hydrogen (secondary N) is 1. The molecule has 1 atom stereocenters. The lowest BCUT2D eigenvalue weighted by Crippen LogP contribution is -2.43. The van der Waals surface area contributed by atoms with Crippen molar-refractivity contribution in [3.8, 4) is 0 Å². The highest BCUT2D eigenvalue weighted by Crippen LogP contribution is 2.02. The Labute approximate surface area is 102 Å². The van der Waals surface area contributed by atoms with E-state index in [9.17, 15) is 9.59 Å². The molecule has 1 unspecified atom stereocenters. The maximum Gasteiger partial charge on any atom is 0.328 e. The highest BCUT2D eigenvalue weighted by atomic mass is 16.5. The van der Waals surface area contributed by atoms with Crippen LogP contribution >= 0.6 is 0 Å². The van der Waals surface area contributed by atoms with E-state index in [2.05, 4.69) is 5.32 Å². The number of carbonyl (C=O) groups is 2. The van der Waals surface area contributed by atoms with Crippen molar-refractivity contribution in [3.05, 3.63) is 0 Å². The van der Waals surface area contributed by atoms with Crippen molar-refractivity contribution in [2.75, 3.05) is 20.3 Å². The summed E-state index contributed by atoms with van der Waals surface area (Å²) in [4.78, 5) is 22.1. The molecule has 6 nitrogen and oxygen atoms in total. The highest BCUT2D eigenvalue weighted by Gasteiger charge is 2.18. The van der Waals surface area contributed by atoms with Gasteiger partial charge in [-0.1, -0.05) is 12.8 Å². The van der Waals surface area contributed by atoms with Crippen molar-refractivity contribution in [3.63, 3.8) is 0 Å². The molecule has 6 heteroatoms. The SMILES string of the molecule is COCC(NC(=O)CCCCCCN)C(=O)O. The zero-order chi connectivity index (χ0) is 13.1. The number of amides is 1. The Kier molecular flexibility index (Phi) is 9.37. The maximum absolute atomic E-state index is 11.4. The Morgan fingerprint density at radius 2 is 1.94 bits per heavy atom. The second-order valence-electron chi connectivity index (χ2n) is 3.87. The molecule has 4 N–H and O–H groups in total. The van der Waals surface area contributed by atoms with Crippen LogP contribution in [0.3, 0.4) is 0 Å². The molecule has 0 fully saturated rings. The second kappa shape index (κ2) is 10.0. The van der Waals surface area contributed by atoms with E-state index in [1.807, 2.05) is 0 Å². The fourth-order valence-electron chi connectivity index (χ4n) is 1.39. The molecule has 0 aromatic carbocycles. The van der Waals surface area contributed by atoms with Gasteiger partial charge in [0.2, 0.25) is 5.91 Å². The first-order valence-corrected chi connectivity index (χ1v) is 5.83. The Hall–Kier alpha value is -1.14. The molecule has 0 aromatic heterocycles. The molecule has 0 saturated carbocycles. The summed E-state index contributed by atoms with van der Waals surface area (Å²) in [6.07, 6.45) is 4.00. The number of ether oxygens (including phenoxy) is 1. The molecule has 0 radical (unpaired) electrons. The van der Waals surface area contributed by atoms with E-state index in [1.165, 1.54) is 7.11 Å². The van der Waals surface area contributed by atoms with Crippen molar-refractivity contribution >= 4 is 11.9 Å². The predicted octanol–water partition coefficient (Wildman–Crippen LogP) is 0.111. The van der Waals surface area contributed by atoms with Crippen LogP contribution in [0.4, 0.5) is 0 Å². The molecule has 0 rings (SSSR count). The third-order valence-electron chi connectivity index (χ3n) is 2.32. The number of nitrogens with two attached hydrogens (primary N) is 1. The van der Waals surface area contributed by atoms with E-state index in [1.54, 1.807) is 0 Å². The van der Waals surface area contributed by atoms with Crippen LogP contribution in [0.15, 0.2) is 0 Å². The number of carboxylic acid groups (broad SMARTS) is 1. The molecular weight excluding hydrogens is 224 g/mol. The van der Waals surface area contributed by atoms with Crippen LogP contribution in [-0.4, -0.2) is 43.3 Å². The Morgan fingerprint density at radius 3 is 2.47 bits per heavy atom. The minimum absolute atomic E-state index is 0.0196. The quantitative estimate of drug-likeness (QED) is 0.475. The predicted molar refractivity (Wildman–Crippen MR) is 63.6 cm³/mol. The molecule has 0 spiro atoms. The summed E-state index contributed by atoms with van der Waals surface area (Å²) < 4.78 is 4.71. The summed E-state index contributed by atoms with van der Waals surface area (Å²) in [5.41, 5.74) is 5.34. The van der Waals surface area contributed by atoms with Crippen LogP contribution in [0.25, 0.3) is 0 Å². The molecule has 0 aliphatic carbocycles. The Bertz CT molecular complexity index is 234. The van der Waals surface area contributed by atoms with Crippen molar-refractivity contribution in [2.45, 2.75) is 38.1 Å². The van der Waals surface area contributed by atoms with Gasteiger partial charge in [0.05, 0.1) is 6.61 Å². The number of methoxy groups -OCH3 is 1. The second-order valence-corrected chi connectivity index (χ2v) is 3.87. The summed E-state index contributed by atoms with van der Waals surface area (Å²) in [7, 11) is 1.40. The van der Waals surface area contributed by atoms with Gasteiger partial charge < -0.3 is 20.9 Å². The summed E-state index contributed by atoms with van der Waals surface area (Å²) in [6, 6.07) is -0.962. The minimum Gasteiger partial charge on any atom is -0.480 e. The van der Waals surface area contributed by atoms with E-state index in [-0.39, 0.29) is 12.5 Å². The van der Waals surface area contributed by atoms with Gasteiger partial charge in [-0.05, 0) is 19.4 Å². The van der Waals surface area contributed by atoms with Crippen LogP contribution in [0.5, 0.6) is 0 Å². The van der Waals surface area contributed by atoms with Gasteiger partial charge in [-0.3, -0.25) is 4.79 Å².